The topological polar surface area (TPSA) is 80.1 Å². The number of hydrogen-bond acceptors (Lipinski definition) is 6. The standard InChI is InChI=1S/C22H24N2O5S/c1-15-10-12-23(16-6-2-3-9-19(16)30-15)20(25)14-29-22(27)17-7-4-11-24(17)21(26)18-8-5-13-28-18/h2-3,5-6,8-9,13,15,17H,4,7,10-12,14H2,1H3/t15?,17-/m0/s1. The van der Waals surface area contributed by atoms with Gasteiger partial charge in [-0.3, -0.25) is 9.59 Å². The average molecular weight is 429 g/mol. The second-order valence-corrected chi connectivity index (χ2v) is 8.95. The van der Waals surface area contributed by atoms with Crippen molar-refractivity contribution in [3.05, 3.63) is 48.4 Å². The molecule has 0 saturated carbocycles. The molecule has 4 rings (SSSR count). The van der Waals surface area contributed by atoms with Gasteiger partial charge in [0.1, 0.15) is 6.04 Å². The third-order valence-electron chi connectivity index (χ3n) is 5.40. The maximum atomic E-state index is 12.9. The fourth-order valence-electron chi connectivity index (χ4n) is 3.85. The van der Waals surface area contributed by atoms with Crippen LogP contribution in [0, 0.1) is 0 Å². The number of thioether (sulfide) groups is 1. The number of fused-ring (bicyclic) bond motifs is 1. The van der Waals surface area contributed by atoms with E-state index in [4.69, 9.17) is 9.15 Å². The molecule has 8 heteroatoms. The molecule has 1 fully saturated rings. The highest BCUT2D eigenvalue weighted by Gasteiger charge is 2.37. The van der Waals surface area contributed by atoms with Crippen LogP contribution in [-0.2, 0) is 14.3 Å². The van der Waals surface area contributed by atoms with E-state index in [1.165, 1.54) is 11.2 Å². The molecular formula is C22H24N2O5S. The summed E-state index contributed by atoms with van der Waals surface area (Å²) in [6.07, 6.45) is 3.50. The third-order valence-corrected chi connectivity index (χ3v) is 6.64. The Kier molecular flexibility index (Phi) is 6.13. The minimum atomic E-state index is -0.692. The second-order valence-electron chi connectivity index (χ2n) is 7.47. The van der Waals surface area contributed by atoms with E-state index in [0.717, 1.165) is 17.0 Å². The Labute approximate surface area is 179 Å². The van der Waals surface area contributed by atoms with Crippen LogP contribution >= 0.6 is 11.8 Å². The zero-order valence-corrected chi connectivity index (χ0v) is 17.6. The van der Waals surface area contributed by atoms with Crippen molar-refractivity contribution < 1.29 is 23.5 Å². The lowest BCUT2D eigenvalue weighted by Gasteiger charge is -2.24. The Bertz CT molecular complexity index is 929. The number of esters is 1. The first-order valence-electron chi connectivity index (χ1n) is 10.1. The Morgan fingerprint density at radius 2 is 1.97 bits per heavy atom. The van der Waals surface area contributed by atoms with Crippen molar-refractivity contribution in [1.82, 2.24) is 4.90 Å². The number of benzene rings is 1. The molecule has 1 aromatic heterocycles. The summed E-state index contributed by atoms with van der Waals surface area (Å²) in [6.45, 7) is 2.83. The summed E-state index contributed by atoms with van der Waals surface area (Å²) in [5, 5.41) is 0.395. The van der Waals surface area contributed by atoms with Crippen LogP contribution in [0.5, 0.6) is 0 Å². The van der Waals surface area contributed by atoms with Crippen molar-refractivity contribution in [2.24, 2.45) is 0 Å². The molecule has 2 atom stereocenters. The van der Waals surface area contributed by atoms with Crippen LogP contribution in [0.1, 0.15) is 36.7 Å². The van der Waals surface area contributed by atoms with Gasteiger partial charge in [0.2, 0.25) is 0 Å². The van der Waals surface area contributed by atoms with Gasteiger partial charge in [0.15, 0.2) is 12.4 Å². The summed E-state index contributed by atoms with van der Waals surface area (Å²) in [5.74, 6) is -0.948. The van der Waals surface area contributed by atoms with Crippen molar-refractivity contribution in [1.29, 1.82) is 0 Å². The molecule has 2 aliphatic rings. The monoisotopic (exact) mass is 428 g/mol. The fourth-order valence-corrected chi connectivity index (χ4v) is 4.96. The molecule has 2 aromatic rings. The summed E-state index contributed by atoms with van der Waals surface area (Å²) < 4.78 is 10.5. The number of furan rings is 1. The zero-order valence-electron chi connectivity index (χ0n) is 16.8. The number of carbonyl (C=O) groups is 3. The zero-order chi connectivity index (χ0) is 21.1. The number of amides is 2. The molecule has 1 unspecified atom stereocenters. The van der Waals surface area contributed by atoms with E-state index in [0.29, 0.717) is 31.2 Å². The molecule has 1 aromatic carbocycles. The quantitative estimate of drug-likeness (QED) is 0.695. The molecule has 158 valence electrons. The van der Waals surface area contributed by atoms with Crippen molar-refractivity contribution >= 4 is 35.2 Å². The number of likely N-dealkylation sites (tertiary alicyclic amines) is 1. The molecule has 0 bridgehead atoms. The Balaban J connectivity index is 1.40. The first kappa shape index (κ1) is 20.5. The van der Waals surface area contributed by atoms with Gasteiger partial charge in [-0.1, -0.05) is 19.1 Å². The van der Waals surface area contributed by atoms with E-state index in [1.807, 2.05) is 24.3 Å². The van der Waals surface area contributed by atoms with E-state index in [1.54, 1.807) is 28.8 Å². The first-order valence-corrected chi connectivity index (χ1v) is 11.0. The number of carbonyl (C=O) groups excluding carboxylic acids is 3. The van der Waals surface area contributed by atoms with Gasteiger partial charge >= 0.3 is 5.97 Å². The Morgan fingerprint density at radius 1 is 1.13 bits per heavy atom. The van der Waals surface area contributed by atoms with E-state index in [-0.39, 0.29) is 24.2 Å². The molecule has 30 heavy (non-hydrogen) atoms. The predicted molar refractivity (Wildman–Crippen MR) is 112 cm³/mol. The maximum absolute atomic E-state index is 12.9. The van der Waals surface area contributed by atoms with Crippen LogP contribution in [-0.4, -0.2) is 53.7 Å². The van der Waals surface area contributed by atoms with Crippen molar-refractivity contribution in [3.8, 4) is 0 Å². The van der Waals surface area contributed by atoms with E-state index >= 15 is 0 Å². The van der Waals surface area contributed by atoms with Crippen LogP contribution in [0.15, 0.2) is 52.0 Å². The van der Waals surface area contributed by atoms with Gasteiger partial charge in [0, 0.05) is 23.2 Å². The lowest BCUT2D eigenvalue weighted by Crippen LogP contribution is -2.43. The fraction of sp³-hybridized carbons (Fsp3) is 0.409. The molecular weight excluding hydrogens is 404 g/mol. The number of anilines is 1. The lowest BCUT2D eigenvalue weighted by molar-refractivity contribution is -0.151. The molecule has 0 aliphatic carbocycles. The highest BCUT2D eigenvalue weighted by Crippen LogP contribution is 2.37. The number of ether oxygens (including phenoxy) is 1. The van der Waals surface area contributed by atoms with Gasteiger partial charge in [0.05, 0.1) is 12.0 Å². The highest BCUT2D eigenvalue weighted by atomic mass is 32.2. The van der Waals surface area contributed by atoms with Crippen molar-refractivity contribution in [2.75, 3.05) is 24.6 Å². The van der Waals surface area contributed by atoms with Crippen LogP contribution in [0.25, 0.3) is 0 Å². The smallest absolute Gasteiger partial charge is 0.329 e. The Morgan fingerprint density at radius 3 is 2.77 bits per heavy atom. The largest absolute Gasteiger partial charge is 0.459 e. The van der Waals surface area contributed by atoms with Crippen LogP contribution in [0.3, 0.4) is 0 Å². The summed E-state index contributed by atoms with van der Waals surface area (Å²) in [6, 6.07) is 10.3. The summed E-state index contributed by atoms with van der Waals surface area (Å²) in [4.78, 5) is 42.3. The molecule has 0 radical (unpaired) electrons. The molecule has 1 saturated heterocycles. The molecule has 0 N–H and O–H groups in total. The highest BCUT2D eigenvalue weighted by molar-refractivity contribution is 8.00. The van der Waals surface area contributed by atoms with Gasteiger partial charge in [0.25, 0.3) is 11.8 Å². The van der Waals surface area contributed by atoms with Crippen LogP contribution in [0.4, 0.5) is 5.69 Å². The van der Waals surface area contributed by atoms with Crippen LogP contribution in [0.2, 0.25) is 0 Å². The minimum Gasteiger partial charge on any atom is -0.459 e. The van der Waals surface area contributed by atoms with E-state index < -0.39 is 12.0 Å². The first-order chi connectivity index (χ1) is 14.5. The Hall–Kier alpha value is -2.74. The summed E-state index contributed by atoms with van der Waals surface area (Å²) >= 11 is 1.75. The van der Waals surface area contributed by atoms with Gasteiger partial charge in [-0.05, 0) is 43.5 Å². The normalized spacial score (nSPS) is 21.1. The van der Waals surface area contributed by atoms with E-state index in [9.17, 15) is 14.4 Å². The number of rotatable bonds is 4. The SMILES string of the molecule is CC1CCN(C(=O)COC(=O)[C@@H]2CCCN2C(=O)c2ccco2)c2ccccc2S1. The van der Waals surface area contributed by atoms with E-state index in [2.05, 4.69) is 6.92 Å². The molecule has 2 aliphatic heterocycles. The third kappa shape index (κ3) is 4.23. The number of para-hydroxylation sites is 1. The number of hydrogen-bond donors (Lipinski definition) is 0. The van der Waals surface area contributed by atoms with Gasteiger partial charge in [-0.2, -0.15) is 0 Å². The van der Waals surface area contributed by atoms with Crippen LogP contribution < -0.4 is 4.90 Å². The van der Waals surface area contributed by atoms with Crippen molar-refractivity contribution in [3.63, 3.8) is 0 Å². The lowest BCUT2D eigenvalue weighted by atomic mass is 10.2. The summed E-state index contributed by atoms with van der Waals surface area (Å²) in [7, 11) is 0. The molecule has 3 heterocycles. The summed E-state index contributed by atoms with van der Waals surface area (Å²) in [5.41, 5.74) is 0.850. The molecule has 7 nitrogen and oxygen atoms in total. The van der Waals surface area contributed by atoms with Gasteiger partial charge in [-0.25, -0.2) is 4.79 Å². The van der Waals surface area contributed by atoms with Gasteiger partial charge < -0.3 is 19.0 Å². The molecule has 2 amide bonds. The number of nitrogens with zero attached hydrogens (tertiary/aromatic N) is 2. The predicted octanol–water partition coefficient (Wildman–Crippen LogP) is 3.34. The van der Waals surface area contributed by atoms with Crippen molar-refractivity contribution in [2.45, 2.75) is 42.4 Å². The maximum Gasteiger partial charge on any atom is 0.329 e. The average Bonchev–Trinajstić information content (AvgIpc) is 3.42. The van der Waals surface area contributed by atoms with Gasteiger partial charge in [-0.15, -0.1) is 11.8 Å². The molecule has 0 spiro atoms. The second kappa shape index (κ2) is 8.95. The minimum absolute atomic E-state index is 0.193.